The van der Waals surface area contributed by atoms with Gasteiger partial charge in [0.15, 0.2) is 0 Å². The van der Waals surface area contributed by atoms with Crippen molar-refractivity contribution in [2.45, 2.75) is 19.8 Å². The zero-order chi connectivity index (χ0) is 9.68. The molecule has 1 heterocycles. The number of hydrogen-bond acceptors (Lipinski definition) is 4. The first-order valence-corrected chi connectivity index (χ1v) is 4.91. The van der Waals surface area contributed by atoms with Crippen molar-refractivity contribution in [3.63, 3.8) is 0 Å². The van der Waals surface area contributed by atoms with E-state index in [1.807, 2.05) is 6.92 Å². The predicted molar refractivity (Wildman–Crippen MR) is 50.1 cm³/mol. The molecule has 4 nitrogen and oxygen atoms in total. The Morgan fingerprint density at radius 3 is 3.00 bits per heavy atom. The number of aromatic amines is 1. The summed E-state index contributed by atoms with van der Waals surface area (Å²) in [7, 11) is 0. The number of hydrogen-bond donors (Lipinski definition) is 1. The minimum absolute atomic E-state index is 0.164. The van der Waals surface area contributed by atoms with Gasteiger partial charge in [0.1, 0.15) is 5.69 Å². The Bertz CT molecular complexity index is 328. The molecule has 0 saturated heterocycles. The van der Waals surface area contributed by atoms with Gasteiger partial charge in [-0.25, -0.2) is 4.79 Å². The van der Waals surface area contributed by atoms with Gasteiger partial charge in [-0.15, -0.1) is 0 Å². The maximum absolute atomic E-state index is 11.1. The van der Waals surface area contributed by atoms with Crippen LogP contribution >= 0.6 is 11.5 Å². The van der Waals surface area contributed by atoms with E-state index >= 15 is 0 Å². The number of H-pyrrole nitrogens is 1. The number of carbonyl (C=O) groups excluding carboxylic acids is 1. The molecule has 0 bridgehead atoms. The Hall–Kier alpha value is -1.10. The molecule has 0 aliphatic rings. The zero-order valence-corrected chi connectivity index (χ0v) is 8.15. The fourth-order valence-electron chi connectivity index (χ4n) is 0.770. The van der Waals surface area contributed by atoms with Gasteiger partial charge in [0, 0.05) is 6.07 Å². The largest absolute Gasteiger partial charge is 0.461 e. The number of rotatable bonds is 4. The Kier molecular flexibility index (Phi) is 3.70. The van der Waals surface area contributed by atoms with Crippen molar-refractivity contribution in [3.05, 3.63) is 21.3 Å². The quantitative estimate of drug-likeness (QED) is 0.591. The second-order valence-corrected chi connectivity index (χ2v) is 3.38. The van der Waals surface area contributed by atoms with Crippen molar-refractivity contribution in [2.24, 2.45) is 0 Å². The summed E-state index contributed by atoms with van der Waals surface area (Å²) in [5, 5.41) is 0. The molecule has 5 heteroatoms. The monoisotopic (exact) mass is 201 g/mol. The summed E-state index contributed by atoms with van der Waals surface area (Å²) in [6, 6.07) is 1.25. The lowest BCUT2D eigenvalue weighted by Gasteiger charge is -2.00. The highest BCUT2D eigenvalue weighted by Gasteiger charge is 2.08. The average molecular weight is 201 g/mol. The van der Waals surface area contributed by atoms with E-state index in [4.69, 9.17) is 4.74 Å². The highest BCUT2D eigenvalue weighted by atomic mass is 32.1. The SMILES string of the molecule is CCCCOC(=O)c1cc(=O)s[nH]1. The van der Waals surface area contributed by atoms with E-state index in [9.17, 15) is 9.59 Å². The fourth-order valence-corrected chi connectivity index (χ4v) is 1.30. The average Bonchev–Trinajstić information content (AvgIpc) is 2.52. The van der Waals surface area contributed by atoms with Crippen LogP contribution in [0.1, 0.15) is 30.3 Å². The lowest BCUT2D eigenvalue weighted by atomic mass is 10.3. The van der Waals surface area contributed by atoms with Gasteiger partial charge in [-0.1, -0.05) is 13.3 Å². The van der Waals surface area contributed by atoms with Gasteiger partial charge < -0.3 is 9.11 Å². The van der Waals surface area contributed by atoms with Crippen LogP contribution in [0, 0.1) is 0 Å². The number of ether oxygens (including phenoxy) is 1. The molecule has 0 amide bonds. The summed E-state index contributed by atoms with van der Waals surface area (Å²) in [5.41, 5.74) is 0.242. The molecule has 0 spiro atoms. The van der Waals surface area contributed by atoms with Crippen molar-refractivity contribution >= 4 is 17.5 Å². The first-order valence-electron chi connectivity index (χ1n) is 4.09. The Morgan fingerprint density at radius 2 is 2.46 bits per heavy atom. The van der Waals surface area contributed by atoms with Crippen LogP contribution in [0.15, 0.2) is 10.9 Å². The molecule has 1 rings (SSSR count). The van der Waals surface area contributed by atoms with E-state index in [-0.39, 0.29) is 10.4 Å². The van der Waals surface area contributed by atoms with Crippen LogP contribution in [-0.4, -0.2) is 16.9 Å². The van der Waals surface area contributed by atoms with Gasteiger partial charge in [-0.05, 0) is 18.0 Å². The Balaban J connectivity index is 2.44. The molecule has 0 fully saturated rings. The van der Waals surface area contributed by atoms with Gasteiger partial charge >= 0.3 is 5.97 Å². The van der Waals surface area contributed by atoms with Crippen molar-refractivity contribution in [2.75, 3.05) is 6.61 Å². The summed E-state index contributed by atoms with van der Waals surface area (Å²) in [4.78, 5) is 21.9. The number of nitrogens with one attached hydrogen (secondary N) is 1. The van der Waals surface area contributed by atoms with Crippen molar-refractivity contribution in [1.29, 1.82) is 0 Å². The molecule has 72 valence electrons. The summed E-state index contributed by atoms with van der Waals surface area (Å²) in [5.74, 6) is -0.452. The fraction of sp³-hybridized carbons (Fsp3) is 0.500. The van der Waals surface area contributed by atoms with Crippen LogP contribution in [0.5, 0.6) is 0 Å². The smallest absolute Gasteiger partial charge is 0.355 e. The predicted octanol–water partition coefficient (Wildman–Crippen LogP) is 1.39. The van der Waals surface area contributed by atoms with Gasteiger partial charge in [0.25, 0.3) is 0 Å². The highest BCUT2D eigenvalue weighted by molar-refractivity contribution is 7.03. The molecule has 1 N–H and O–H groups in total. The first kappa shape index (κ1) is 9.98. The molecule has 1 aromatic rings. The molecule has 0 aliphatic heterocycles. The molecule has 0 saturated carbocycles. The molecule has 0 atom stereocenters. The lowest BCUT2D eigenvalue weighted by Crippen LogP contribution is -2.06. The normalized spacial score (nSPS) is 9.92. The maximum atomic E-state index is 11.1. The van der Waals surface area contributed by atoms with Crippen molar-refractivity contribution in [3.8, 4) is 0 Å². The zero-order valence-electron chi connectivity index (χ0n) is 7.33. The van der Waals surface area contributed by atoms with E-state index in [0.29, 0.717) is 6.61 Å². The van der Waals surface area contributed by atoms with Gasteiger partial charge in [0.05, 0.1) is 6.61 Å². The second-order valence-electron chi connectivity index (χ2n) is 2.57. The standard InChI is InChI=1S/C8H11NO3S/c1-2-3-4-12-8(11)6-5-7(10)13-9-6/h5,9H,2-4H2,1H3. The van der Waals surface area contributed by atoms with Crippen molar-refractivity contribution < 1.29 is 9.53 Å². The van der Waals surface area contributed by atoms with E-state index in [2.05, 4.69) is 4.37 Å². The van der Waals surface area contributed by atoms with Crippen LogP contribution in [0.25, 0.3) is 0 Å². The minimum atomic E-state index is -0.452. The third-order valence-corrected chi connectivity index (χ3v) is 2.12. The first-order chi connectivity index (χ1) is 6.24. The maximum Gasteiger partial charge on any atom is 0.355 e. The number of aromatic nitrogens is 1. The van der Waals surface area contributed by atoms with E-state index in [0.717, 1.165) is 24.4 Å². The molecule has 0 aliphatic carbocycles. The van der Waals surface area contributed by atoms with Gasteiger partial charge in [0.2, 0.25) is 4.74 Å². The third kappa shape index (κ3) is 3.02. The van der Waals surface area contributed by atoms with Crippen LogP contribution < -0.4 is 4.74 Å². The van der Waals surface area contributed by atoms with E-state index in [1.54, 1.807) is 0 Å². The van der Waals surface area contributed by atoms with Crippen molar-refractivity contribution in [1.82, 2.24) is 4.37 Å². The number of unbranched alkanes of at least 4 members (excludes halogenated alkanes) is 1. The van der Waals surface area contributed by atoms with E-state index in [1.165, 1.54) is 6.07 Å². The van der Waals surface area contributed by atoms with Crippen LogP contribution in [0.4, 0.5) is 0 Å². The van der Waals surface area contributed by atoms with Gasteiger partial charge in [-0.2, -0.15) is 0 Å². The Morgan fingerprint density at radius 1 is 1.69 bits per heavy atom. The number of carbonyl (C=O) groups is 1. The summed E-state index contributed by atoms with van der Waals surface area (Å²) < 4.78 is 7.30. The molecule has 1 aromatic heterocycles. The minimum Gasteiger partial charge on any atom is -0.461 e. The topological polar surface area (TPSA) is 59.2 Å². The molecule has 0 aromatic carbocycles. The van der Waals surface area contributed by atoms with Crippen LogP contribution in [-0.2, 0) is 4.74 Å². The van der Waals surface area contributed by atoms with Gasteiger partial charge in [-0.3, -0.25) is 4.79 Å². The lowest BCUT2D eigenvalue weighted by molar-refractivity contribution is 0.0494. The molecular weight excluding hydrogens is 190 g/mol. The molecule has 13 heavy (non-hydrogen) atoms. The molecule has 0 radical (unpaired) electrons. The Labute approximate surface area is 79.7 Å². The molecular formula is C8H11NO3S. The highest BCUT2D eigenvalue weighted by Crippen LogP contribution is 1.98. The summed E-state index contributed by atoms with van der Waals surface area (Å²) in [6.07, 6.45) is 1.83. The molecule has 0 unspecified atom stereocenters. The van der Waals surface area contributed by atoms with Crippen LogP contribution in [0.2, 0.25) is 0 Å². The number of esters is 1. The van der Waals surface area contributed by atoms with Crippen LogP contribution in [0.3, 0.4) is 0 Å². The summed E-state index contributed by atoms with van der Waals surface area (Å²) in [6.45, 7) is 2.42. The third-order valence-electron chi connectivity index (χ3n) is 1.47. The van der Waals surface area contributed by atoms with E-state index < -0.39 is 5.97 Å². The summed E-state index contributed by atoms with van der Waals surface area (Å²) >= 11 is 0.891. The second kappa shape index (κ2) is 4.81.